The van der Waals surface area contributed by atoms with Gasteiger partial charge in [0.1, 0.15) is 28.8 Å². The predicted molar refractivity (Wildman–Crippen MR) is 142 cm³/mol. The van der Waals surface area contributed by atoms with Crippen LogP contribution < -0.4 is 16.0 Å². The van der Waals surface area contributed by atoms with Crippen molar-refractivity contribution in [2.45, 2.75) is 25.8 Å². The molecule has 0 aliphatic heterocycles. The molecular weight excluding hydrogens is 507 g/mol. The van der Waals surface area contributed by atoms with Gasteiger partial charge in [-0.25, -0.2) is 13.2 Å². The number of hydrogen-bond donors (Lipinski definition) is 3. The van der Waals surface area contributed by atoms with E-state index < -0.39 is 29.3 Å². The number of carbonyl (C=O) groups excluding carboxylic acids is 2. The van der Waals surface area contributed by atoms with Crippen LogP contribution in [-0.4, -0.2) is 31.4 Å². The molecule has 3 atom stereocenters. The third-order valence-corrected chi connectivity index (χ3v) is 7.71. The minimum atomic E-state index is -0.945. The average Bonchev–Trinajstić information content (AvgIpc) is 3.43. The van der Waals surface area contributed by atoms with Gasteiger partial charge in [-0.15, -0.1) is 0 Å². The first kappa shape index (κ1) is 25.0. The molecule has 3 N–H and O–H groups in total. The number of furan rings is 1. The summed E-state index contributed by atoms with van der Waals surface area (Å²) in [7, 11) is 1.47. The van der Waals surface area contributed by atoms with E-state index in [1.165, 1.54) is 37.4 Å². The molecule has 1 aromatic heterocycles. The first-order valence-electron chi connectivity index (χ1n) is 12.9. The Morgan fingerprint density at radius 1 is 0.949 bits per heavy atom. The molecule has 200 valence electrons. The minimum Gasteiger partial charge on any atom is -0.455 e. The zero-order chi connectivity index (χ0) is 27.4. The molecule has 9 heteroatoms. The molecule has 0 bridgehead atoms. The van der Waals surface area contributed by atoms with Crippen molar-refractivity contribution in [3.8, 4) is 22.5 Å². The normalized spacial score (nSPS) is 19.3. The largest absolute Gasteiger partial charge is 0.455 e. The predicted octanol–water partition coefficient (Wildman–Crippen LogP) is 6.11. The summed E-state index contributed by atoms with van der Waals surface area (Å²) in [4.78, 5) is 25.9. The Morgan fingerprint density at radius 3 is 2.36 bits per heavy atom. The second-order valence-corrected chi connectivity index (χ2v) is 10.1. The monoisotopic (exact) mass is 533 g/mol. The van der Waals surface area contributed by atoms with Crippen LogP contribution in [0.1, 0.15) is 40.5 Å². The first-order valence-corrected chi connectivity index (χ1v) is 12.9. The fourth-order valence-corrected chi connectivity index (χ4v) is 5.54. The molecule has 0 saturated heterocycles. The molecule has 39 heavy (non-hydrogen) atoms. The van der Waals surface area contributed by atoms with Gasteiger partial charge in [-0.2, -0.15) is 0 Å². The van der Waals surface area contributed by atoms with Gasteiger partial charge in [-0.05, 0) is 68.0 Å². The molecule has 6 nitrogen and oxygen atoms in total. The highest BCUT2D eigenvalue weighted by molar-refractivity contribution is 6.13. The van der Waals surface area contributed by atoms with Gasteiger partial charge < -0.3 is 20.4 Å². The van der Waals surface area contributed by atoms with E-state index in [1.54, 1.807) is 12.1 Å². The van der Waals surface area contributed by atoms with Gasteiger partial charge in [-0.1, -0.05) is 0 Å². The highest BCUT2D eigenvalue weighted by Crippen LogP contribution is 2.55. The van der Waals surface area contributed by atoms with Gasteiger partial charge in [0.05, 0.1) is 11.1 Å². The van der Waals surface area contributed by atoms with Gasteiger partial charge in [0.25, 0.3) is 11.8 Å². The van der Waals surface area contributed by atoms with E-state index in [-0.39, 0.29) is 28.5 Å². The van der Waals surface area contributed by atoms with Crippen molar-refractivity contribution >= 4 is 28.5 Å². The Balaban J connectivity index is 1.50. The molecule has 1 heterocycles. The van der Waals surface area contributed by atoms with Gasteiger partial charge in [-0.3, -0.25) is 9.59 Å². The molecule has 0 radical (unpaired) electrons. The van der Waals surface area contributed by atoms with Crippen molar-refractivity contribution in [3.05, 3.63) is 77.1 Å². The third-order valence-electron chi connectivity index (χ3n) is 7.71. The quantitative estimate of drug-likeness (QED) is 0.268. The number of nitrogens with one attached hydrogen (secondary N) is 3. The van der Waals surface area contributed by atoms with Crippen LogP contribution >= 0.6 is 0 Å². The van der Waals surface area contributed by atoms with E-state index in [9.17, 15) is 18.4 Å². The van der Waals surface area contributed by atoms with Crippen molar-refractivity contribution in [2.24, 2.45) is 11.8 Å². The fourth-order valence-electron chi connectivity index (χ4n) is 5.54. The summed E-state index contributed by atoms with van der Waals surface area (Å²) in [6.45, 7) is 2.34. The van der Waals surface area contributed by atoms with Crippen molar-refractivity contribution in [3.63, 3.8) is 0 Å². The molecule has 2 amide bonds. The van der Waals surface area contributed by atoms with Crippen LogP contribution in [0.15, 0.2) is 52.9 Å². The lowest BCUT2D eigenvalue weighted by Gasteiger charge is -2.26. The van der Waals surface area contributed by atoms with Crippen molar-refractivity contribution < 1.29 is 27.2 Å². The van der Waals surface area contributed by atoms with Crippen LogP contribution in [0.3, 0.4) is 0 Å². The molecule has 2 saturated carbocycles. The number of carbonyl (C=O) groups is 2. The SMILES string of the molecule is CCNc1cc2oc(-c3ccc(F)cc3)c(C(=O)NC)c2cc1-c1cc(C(=O)N[C@H]2CC3CC32)c(F)cc1F. The summed E-state index contributed by atoms with van der Waals surface area (Å²) < 4.78 is 49.8. The summed E-state index contributed by atoms with van der Waals surface area (Å²) in [6.07, 6.45) is 1.96. The molecule has 2 fully saturated rings. The molecule has 2 aliphatic rings. The zero-order valence-corrected chi connectivity index (χ0v) is 21.3. The topological polar surface area (TPSA) is 83.4 Å². The van der Waals surface area contributed by atoms with Crippen LogP contribution in [-0.2, 0) is 0 Å². The second-order valence-electron chi connectivity index (χ2n) is 10.1. The summed E-state index contributed by atoms with van der Waals surface area (Å²) in [5.41, 5.74) is 1.58. The van der Waals surface area contributed by atoms with Crippen LogP contribution in [0.5, 0.6) is 0 Å². The second kappa shape index (κ2) is 9.48. The maximum absolute atomic E-state index is 15.3. The molecular formula is C30H26F3N3O3. The number of rotatable bonds is 7. The van der Waals surface area contributed by atoms with Gasteiger partial charge in [0.15, 0.2) is 0 Å². The van der Waals surface area contributed by atoms with E-state index in [4.69, 9.17) is 4.42 Å². The Labute approximate surface area is 222 Å². The maximum atomic E-state index is 15.3. The number of anilines is 1. The highest BCUT2D eigenvalue weighted by atomic mass is 19.1. The average molecular weight is 534 g/mol. The van der Waals surface area contributed by atoms with Crippen molar-refractivity contribution in [2.75, 3.05) is 18.9 Å². The lowest BCUT2D eigenvalue weighted by Crippen LogP contribution is -2.42. The maximum Gasteiger partial charge on any atom is 0.255 e. The number of benzene rings is 3. The van der Waals surface area contributed by atoms with Gasteiger partial charge in [0, 0.05) is 59.5 Å². The van der Waals surface area contributed by atoms with E-state index >= 15 is 4.39 Å². The highest BCUT2D eigenvalue weighted by Gasteiger charge is 2.54. The summed E-state index contributed by atoms with van der Waals surface area (Å²) in [6, 6.07) is 10.7. The van der Waals surface area contributed by atoms with Crippen LogP contribution in [0.4, 0.5) is 18.9 Å². The lowest BCUT2D eigenvalue weighted by molar-refractivity contribution is 0.0906. The van der Waals surface area contributed by atoms with E-state index in [0.29, 0.717) is 52.2 Å². The number of amides is 2. The summed E-state index contributed by atoms with van der Waals surface area (Å²) in [5.74, 6) is -1.92. The number of fused-ring (bicyclic) bond motifs is 2. The molecule has 4 aromatic rings. The molecule has 2 unspecified atom stereocenters. The van der Waals surface area contributed by atoms with Gasteiger partial charge >= 0.3 is 0 Å². The van der Waals surface area contributed by atoms with Crippen LogP contribution in [0.25, 0.3) is 33.4 Å². The Hall–Kier alpha value is -4.27. The van der Waals surface area contributed by atoms with E-state index in [2.05, 4.69) is 16.0 Å². The van der Waals surface area contributed by atoms with Crippen molar-refractivity contribution in [1.29, 1.82) is 0 Å². The van der Waals surface area contributed by atoms with Crippen LogP contribution in [0, 0.1) is 29.3 Å². The van der Waals surface area contributed by atoms with Gasteiger partial charge in [0.2, 0.25) is 0 Å². The third kappa shape index (κ3) is 4.31. The van der Waals surface area contributed by atoms with E-state index in [1.807, 2.05) is 6.92 Å². The summed E-state index contributed by atoms with van der Waals surface area (Å²) in [5, 5.41) is 9.02. The number of hydrogen-bond acceptors (Lipinski definition) is 4. The summed E-state index contributed by atoms with van der Waals surface area (Å²) >= 11 is 0. The Morgan fingerprint density at radius 2 is 1.72 bits per heavy atom. The smallest absolute Gasteiger partial charge is 0.255 e. The fraction of sp³-hybridized carbons (Fsp3) is 0.267. The Bertz CT molecular complexity index is 1630. The lowest BCUT2D eigenvalue weighted by atomic mass is 9.92. The zero-order valence-electron chi connectivity index (χ0n) is 21.3. The first-order chi connectivity index (χ1) is 18.8. The Kier molecular flexibility index (Phi) is 6.09. The standard InChI is InChI=1S/C30H26F3N3O3/c1-3-35-24-13-26-21(27(30(38)34-2)28(39-26)14-4-6-16(31)7-5-14)11-19(24)18-10-20(23(33)12-22(18)32)29(37)36-25-9-15-8-17(15)25/h4-7,10-13,15,17,25,35H,3,8-9H2,1-2H3,(H,34,38)(H,36,37)/t15?,17?,25-/m0/s1. The molecule has 3 aromatic carbocycles. The number of halogens is 3. The molecule has 2 aliphatic carbocycles. The van der Waals surface area contributed by atoms with E-state index in [0.717, 1.165) is 12.8 Å². The molecule has 6 rings (SSSR count). The molecule has 0 spiro atoms. The van der Waals surface area contributed by atoms with Crippen LogP contribution in [0.2, 0.25) is 0 Å². The van der Waals surface area contributed by atoms with Crippen molar-refractivity contribution in [1.82, 2.24) is 10.6 Å². The minimum absolute atomic E-state index is 0.00435.